The van der Waals surface area contributed by atoms with Crippen molar-refractivity contribution in [1.82, 2.24) is 9.80 Å². The quantitative estimate of drug-likeness (QED) is 0.817. The third-order valence-corrected chi connectivity index (χ3v) is 6.44. The molecule has 1 saturated heterocycles. The van der Waals surface area contributed by atoms with Crippen LogP contribution >= 0.6 is 11.3 Å². The Kier molecular flexibility index (Phi) is 4.68. The summed E-state index contributed by atoms with van der Waals surface area (Å²) in [5, 5.41) is 0. The molecule has 6 heteroatoms. The van der Waals surface area contributed by atoms with Gasteiger partial charge < -0.3 is 14.7 Å². The first-order chi connectivity index (χ1) is 12.6. The van der Waals surface area contributed by atoms with Gasteiger partial charge in [0.15, 0.2) is 0 Å². The number of piperazine rings is 1. The van der Waals surface area contributed by atoms with Crippen molar-refractivity contribution < 1.29 is 9.59 Å². The van der Waals surface area contributed by atoms with Crippen molar-refractivity contribution in [2.45, 2.75) is 19.9 Å². The maximum absolute atomic E-state index is 12.9. The van der Waals surface area contributed by atoms with Gasteiger partial charge in [-0.15, -0.1) is 11.3 Å². The number of hydrogen-bond donors (Lipinski definition) is 0. The van der Waals surface area contributed by atoms with Crippen LogP contribution in [0.1, 0.15) is 27.0 Å². The molecular formula is C20H23N3O2S. The number of fused-ring (bicyclic) bond motifs is 1. The first-order valence-electron chi connectivity index (χ1n) is 9.08. The SMILES string of the molecule is CC(=O)N1CCc2sc(C(=O)N3CCN(c4ccccc4)CC3)cc2C1. The Hall–Kier alpha value is -2.34. The molecule has 4 rings (SSSR count). The van der Waals surface area contributed by atoms with Crippen LogP contribution in [0.2, 0.25) is 0 Å². The van der Waals surface area contributed by atoms with E-state index in [0.29, 0.717) is 6.54 Å². The Labute approximate surface area is 157 Å². The molecule has 1 aromatic carbocycles. The van der Waals surface area contributed by atoms with Crippen LogP contribution in [-0.4, -0.2) is 54.3 Å². The van der Waals surface area contributed by atoms with Crippen LogP contribution in [0.3, 0.4) is 0 Å². The normalized spacial score (nSPS) is 17.2. The lowest BCUT2D eigenvalue weighted by Crippen LogP contribution is -2.48. The zero-order valence-electron chi connectivity index (χ0n) is 15.0. The van der Waals surface area contributed by atoms with Crippen LogP contribution in [0.5, 0.6) is 0 Å². The number of para-hydroxylation sites is 1. The van der Waals surface area contributed by atoms with Gasteiger partial charge >= 0.3 is 0 Å². The van der Waals surface area contributed by atoms with Crippen molar-refractivity contribution in [1.29, 1.82) is 0 Å². The fourth-order valence-corrected chi connectivity index (χ4v) is 4.80. The molecule has 26 heavy (non-hydrogen) atoms. The van der Waals surface area contributed by atoms with Crippen molar-refractivity contribution in [3.8, 4) is 0 Å². The van der Waals surface area contributed by atoms with Gasteiger partial charge in [-0.25, -0.2) is 0 Å². The lowest BCUT2D eigenvalue weighted by molar-refractivity contribution is -0.129. The van der Waals surface area contributed by atoms with E-state index >= 15 is 0 Å². The molecule has 2 amide bonds. The summed E-state index contributed by atoms with van der Waals surface area (Å²) in [5.41, 5.74) is 2.36. The largest absolute Gasteiger partial charge is 0.368 e. The standard InChI is InChI=1S/C20H23N3O2S/c1-15(24)23-8-7-18-16(14-23)13-19(26-18)20(25)22-11-9-21(10-12-22)17-5-3-2-4-6-17/h2-6,13H,7-12,14H2,1H3. The van der Waals surface area contributed by atoms with E-state index in [0.717, 1.165) is 49.6 Å². The van der Waals surface area contributed by atoms with Gasteiger partial charge in [0, 0.05) is 56.8 Å². The highest BCUT2D eigenvalue weighted by Gasteiger charge is 2.27. The van der Waals surface area contributed by atoms with Crippen molar-refractivity contribution in [2.24, 2.45) is 0 Å². The number of rotatable bonds is 2. The Balaban J connectivity index is 1.41. The number of hydrogen-bond acceptors (Lipinski definition) is 4. The second kappa shape index (κ2) is 7.11. The predicted molar refractivity (Wildman–Crippen MR) is 104 cm³/mol. The Morgan fingerprint density at radius 2 is 1.69 bits per heavy atom. The van der Waals surface area contributed by atoms with Gasteiger partial charge in [0.2, 0.25) is 5.91 Å². The average Bonchev–Trinajstić information content (AvgIpc) is 3.11. The molecule has 136 valence electrons. The monoisotopic (exact) mass is 369 g/mol. The first kappa shape index (κ1) is 17.1. The molecule has 2 aliphatic rings. The molecule has 0 saturated carbocycles. The second-order valence-electron chi connectivity index (χ2n) is 6.86. The summed E-state index contributed by atoms with van der Waals surface area (Å²) in [7, 11) is 0. The lowest BCUT2D eigenvalue weighted by atomic mass is 10.1. The van der Waals surface area contributed by atoms with Gasteiger partial charge in [-0.2, -0.15) is 0 Å². The highest BCUT2D eigenvalue weighted by atomic mass is 32.1. The molecule has 3 heterocycles. The third-order valence-electron chi connectivity index (χ3n) is 5.21. The molecule has 2 aromatic rings. The number of benzene rings is 1. The minimum Gasteiger partial charge on any atom is -0.368 e. The maximum atomic E-state index is 12.9. The van der Waals surface area contributed by atoms with Crippen LogP contribution in [0, 0.1) is 0 Å². The first-order valence-corrected chi connectivity index (χ1v) is 9.90. The van der Waals surface area contributed by atoms with E-state index in [2.05, 4.69) is 17.0 Å². The fraction of sp³-hybridized carbons (Fsp3) is 0.400. The third kappa shape index (κ3) is 3.33. The topological polar surface area (TPSA) is 43.9 Å². The van der Waals surface area contributed by atoms with Crippen molar-refractivity contribution in [2.75, 3.05) is 37.6 Å². The minimum absolute atomic E-state index is 0.103. The summed E-state index contributed by atoms with van der Waals surface area (Å²) in [6, 6.07) is 12.4. The number of carbonyl (C=O) groups is 2. The van der Waals surface area contributed by atoms with Crippen molar-refractivity contribution >= 4 is 28.8 Å². The molecule has 0 bridgehead atoms. The second-order valence-corrected chi connectivity index (χ2v) is 8.00. The zero-order valence-corrected chi connectivity index (χ0v) is 15.8. The summed E-state index contributed by atoms with van der Waals surface area (Å²) >= 11 is 1.61. The van der Waals surface area contributed by atoms with E-state index in [4.69, 9.17) is 0 Å². The number of thiophene rings is 1. The molecule has 0 unspecified atom stereocenters. The molecule has 0 spiro atoms. The van der Waals surface area contributed by atoms with Crippen molar-refractivity contribution in [3.63, 3.8) is 0 Å². The molecule has 2 aliphatic heterocycles. The van der Waals surface area contributed by atoms with E-state index in [1.54, 1.807) is 18.3 Å². The van der Waals surface area contributed by atoms with Gasteiger partial charge in [-0.1, -0.05) is 18.2 Å². The van der Waals surface area contributed by atoms with Crippen LogP contribution in [-0.2, 0) is 17.8 Å². The summed E-state index contributed by atoms with van der Waals surface area (Å²) in [6.07, 6.45) is 0.856. The zero-order chi connectivity index (χ0) is 18.1. The number of carbonyl (C=O) groups excluding carboxylic acids is 2. The average molecular weight is 369 g/mol. The summed E-state index contributed by atoms with van der Waals surface area (Å²) in [4.78, 5) is 32.7. The molecule has 0 N–H and O–H groups in total. The molecule has 0 atom stereocenters. The summed E-state index contributed by atoms with van der Waals surface area (Å²) in [5.74, 6) is 0.234. The highest BCUT2D eigenvalue weighted by Crippen LogP contribution is 2.29. The molecule has 1 fully saturated rings. The van der Waals surface area contributed by atoms with E-state index in [9.17, 15) is 9.59 Å². The highest BCUT2D eigenvalue weighted by molar-refractivity contribution is 7.14. The van der Waals surface area contributed by atoms with Crippen LogP contribution < -0.4 is 4.90 Å². The van der Waals surface area contributed by atoms with Gasteiger partial charge in [0.1, 0.15) is 0 Å². The van der Waals surface area contributed by atoms with E-state index in [-0.39, 0.29) is 11.8 Å². The molecular weight excluding hydrogens is 346 g/mol. The van der Waals surface area contributed by atoms with Gasteiger partial charge in [0.05, 0.1) is 4.88 Å². The Bertz CT molecular complexity index is 810. The van der Waals surface area contributed by atoms with Crippen molar-refractivity contribution in [3.05, 3.63) is 51.7 Å². The number of amides is 2. The van der Waals surface area contributed by atoms with Crippen LogP contribution in [0.4, 0.5) is 5.69 Å². The maximum Gasteiger partial charge on any atom is 0.264 e. The summed E-state index contributed by atoms with van der Waals surface area (Å²) < 4.78 is 0. The molecule has 5 nitrogen and oxygen atoms in total. The van der Waals surface area contributed by atoms with Gasteiger partial charge in [0.25, 0.3) is 5.91 Å². The van der Waals surface area contributed by atoms with Crippen LogP contribution in [0.15, 0.2) is 36.4 Å². The van der Waals surface area contributed by atoms with Gasteiger partial charge in [-0.05, 0) is 30.2 Å². The van der Waals surface area contributed by atoms with E-state index in [1.807, 2.05) is 34.1 Å². The molecule has 0 radical (unpaired) electrons. The summed E-state index contributed by atoms with van der Waals surface area (Å²) in [6.45, 7) is 6.21. The predicted octanol–water partition coefficient (Wildman–Crippen LogP) is 2.62. The fourth-order valence-electron chi connectivity index (χ4n) is 3.67. The number of anilines is 1. The minimum atomic E-state index is 0.103. The Morgan fingerprint density at radius 1 is 0.962 bits per heavy atom. The van der Waals surface area contributed by atoms with Gasteiger partial charge in [-0.3, -0.25) is 9.59 Å². The lowest BCUT2D eigenvalue weighted by Gasteiger charge is -2.36. The Morgan fingerprint density at radius 3 is 2.38 bits per heavy atom. The smallest absolute Gasteiger partial charge is 0.264 e. The molecule has 0 aliphatic carbocycles. The number of nitrogens with zero attached hydrogens (tertiary/aromatic N) is 3. The van der Waals surface area contributed by atoms with E-state index in [1.165, 1.54) is 10.6 Å². The van der Waals surface area contributed by atoms with Crippen LogP contribution in [0.25, 0.3) is 0 Å². The van der Waals surface area contributed by atoms with E-state index < -0.39 is 0 Å². The molecule has 1 aromatic heterocycles.